The molecule has 3 aromatic carbocycles. The number of carbonyl (C=O) groups excluding carboxylic acids is 4. The molecule has 0 unspecified atom stereocenters. The van der Waals surface area contributed by atoms with Crippen molar-refractivity contribution in [2.24, 2.45) is 0 Å². The van der Waals surface area contributed by atoms with Gasteiger partial charge in [-0.1, -0.05) is 23.7 Å². The fourth-order valence-electron chi connectivity index (χ4n) is 3.32. The van der Waals surface area contributed by atoms with Crippen LogP contribution in [0.2, 0.25) is 5.02 Å². The van der Waals surface area contributed by atoms with Crippen LogP contribution in [0.15, 0.2) is 78.4 Å². The number of nitro groups is 1. The predicted molar refractivity (Wildman–Crippen MR) is 134 cm³/mol. The molecule has 0 saturated carbocycles. The van der Waals surface area contributed by atoms with E-state index in [0.717, 1.165) is 12.1 Å². The quantitative estimate of drug-likeness (QED) is 0.207. The molecule has 1 aliphatic rings. The number of nitrogens with one attached hydrogen (secondary N) is 2. The Bertz CT molecular complexity index is 1420. The molecule has 0 aliphatic carbocycles. The van der Waals surface area contributed by atoms with Gasteiger partial charge in [0.1, 0.15) is 11.3 Å². The number of benzene rings is 3. The van der Waals surface area contributed by atoms with Gasteiger partial charge in [0, 0.05) is 22.8 Å². The van der Waals surface area contributed by atoms with Crippen molar-refractivity contribution in [3.63, 3.8) is 0 Å². The van der Waals surface area contributed by atoms with Gasteiger partial charge in [-0.2, -0.15) is 0 Å². The molecule has 1 heterocycles. The highest BCUT2D eigenvalue weighted by molar-refractivity contribution is 6.39. The molecule has 11 nitrogen and oxygen atoms in total. The van der Waals surface area contributed by atoms with Gasteiger partial charge in [-0.05, 0) is 60.2 Å². The molecule has 12 heteroatoms. The molecule has 4 rings (SSSR count). The second-order valence-corrected chi connectivity index (χ2v) is 8.08. The average Bonchev–Trinajstić information content (AvgIpc) is 2.87. The Morgan fingerprint density at radius 3 is 2.27 bits per heavy atom. The van der Waals surface area contributed by atoms with E-state index in [4.69, 9.17) is 16.3 Å². The average molecular weight is 521 g/mol. The van der Waals surface area contributed by atoms with Crippen molar-refractivity contribution in [3.8, 4) is 5.75 Å². The first-order valence-electron chi connectivity index (χ1n) is 10.7. The van der Waals surface area contributed by atoms with Crippen LogP contribution in [0.5, 0.6) is 5.75 Å². The van der Waals surface area contributed by atoms with Crippen molar-refractivity contribution < 1.29 is 28.8 Å². The molecule has 5 amide bonds. The number of anilines is 2. The van der Waals surface area contributed by atoms with Gasteiger partial charge in [0.15, 0.2) is 6.61 Å². The number of halogens is 1. The summed E-state index contributed by atoms with van der Waals surface area (Å²) in [6.07, 6.45) is 1.29. The minimum Gasteiger partial charge on any atom is -0.484 e. The van der Waals surface area contributed by atoms with Crippen molar-refractivity contribution in [3.05, 3.63) is 99.1 Å². The Labute approximate surface area is 214 Å². The van der Waals surface area contributed by atoms with E-state index in [0.29, 0.717) is 26.9 Å². The smallest absolute Gasteiger partial charge is 0.335 e. The molecular formula is C25H17ClN4O7. The highest BCUT2D eigenvalue weighted by Crippen LogP contribution is 2.25. The third-order valence-corrected chi connectivity index (χ3v) is 5.36. The maximum Gasteiger partial charge on any atom is 0.335 e. The van der Waals surface area contributed by atoms with Crippen LogP contribution >= 0.6 is 11.6 Å². The van der Waals surface area contributed by atoms with Gasteiger partial charge < -0.3 is 10.1 Å². The molecule has 0 bridgehead atoms. The van der Waals surface area contributed by atoms with Crippen molar-refractivity contribution in [1.29, 1.82) is 0 Å². The number of imide groups is 2. The minimum atomic E-state index is -0.971. The Hall–Kier alpha value is -5.03. The van der Waals surface area contributed by atoms with Crippen LogP contribution in [0.1, 0.15) is 5.56 Å². The number of urea groups is 1. The predicted octanol–water partition coefficient (Wildman–Crippen LogP) is 3.93. The maximum absolute atomic E-state index is 12.9. The van der Waals surface area contributed by atoms with E-state index in [1.54, 1.807) is 48.5 Å². The summed E-state index contributed by atoms with van der Waals surface area (Å²) in [6.45, 7) is -0.254. The van der Waals surface area contributed by atoms with Crippen LogP contribution < -0.4 is 20.3 Å². The number of barbiturate groups is 1. The highest BCUT2D eigenvalue weighted by atomic mass is 35.5. The van der Waals surface area contributed by atoms with E-state index in [1.165, 1.54) is 18.2 Å². The first-order valence-corrected chi connectivity index (χ1v) is 11.0. The summed E-state index contributed by atoms with van der Waals surface area (Å²) < 4.78 is 5.46. The van der Waals surface area contributed by atoms with Crippen LogP contribution in [0.3, 0.4) is 0 Å². The van der Waals surface area contributed by atoms with Crippen molar-refractivity contribution in [1.82, 2.24) is 5.32 Å². The number of hydrogen-bond donors (Lipinski definition) is 2. The Balaban J connectivity index is 1.43. The third-order valence-electron chi connectivity index (χ3n) is 5.11. The number of ether oxygens (including phenoxy) is 1. The van der Waals surface area contributed by atoms with Gasteiger partial charge in [-0.25, -0.2) is 9.69 Å². The van der Waals surface area contributed by atoms with Gasteiger partial charge in [-0.15, -0.1) is 0 Å². The summed E-state index contributed by atoms with van der Waals surface area (Å²) in [4.78, 5) is 60.6. The van der Waals surface area contributed by atoms with Crippen LogP contribution in [-0.4, -0.2) is 35.3 Å². The lowest BCUT2D eigenvalue weighted by atomic mass is 10.1. The first-order chi connectivity index (χ1) is 17.7. The van der Waals surface area contributed by atoms with Gasteiger partial charge in [0.05, 0.1) is 10.6 Å². The van der Waals surface area contributed by atoms with E-state index in [9.17, 15) is 29.3 Å². The molecule has 1 saturated heterocycles. The number of hydrogen-bond acceptors (Lipinski definition) is 7. The van der Waals surface area contributed by atoms with Crippen molar-refractivity contribution >= 4 is 58.5 Å². The summed E-state index contributed by atoms with van der Waals surface area (Å²) in [5.41, 5.74) is 0.553. The highest BCUT2D eigenvalue weighted by Gasteiger charge is 2.36. The lowest BCUT2D eigenvalue weighted by Gasteiger charge is -2.26. The maximum atomic E-state index is 12.9. The van der Waals surface area contributed by atoms with E-state index in [1.807, 2.05) is 0 Å². The third kappa shape index (κ3) is 5.97. The standard InChI is InChI=1S/C25H17ClN4O7/c26-16-3-5-17(6-4-16)27-22(31)14-37-20-11-1-15(2-12-20)13-21-23(32)28-25(34)29(24(21)33)18-7-9-19(10-8-18)30(35)36/h1-13H,14H2,(H,27,31)(H,28,32,34)/b21-13+. The fraction of sp³-hybridized carbons (Fsp3) is 0.0400. The minimum absolute atomic E-state index is 0.0622. The molecular weight excluding hydrogens is 504 g/mol. The molecule has 0 atom stereocenters. The van der Waals surface area contributed by atoms with Gasteiger partial charge in [0.2, 0.25) is 0 Å². The number of nitrogens with zero attached hydrogens (tertiary/aromatic N) is 2. The molecule has 186 valence electrons. The van der Waals surface area contributed by atoms with Gasteiger partial charge >= 0.3 is 6.03 Å². The van der Waals surface area contributed by atoms with E-state index < -0.39 is 22.8 Å². The van der Waals surface area contributed by atoms with Crippen LogP contribution in [-0.2, 0) is 14.4 Å². The number of carbonyl (C=O) groups is 4. The molecule has 0 spiro atoms. The number of nitro benzene ring substituents is 1. The SMILES string of the molecule is O=C(COc1ccc(/C=C2\C(=O)NC(=O)N(c3ccc([N+](=O)[O-])cc3)C2=O)cc1)Nc1ccc(Cl)cc1. The molecule has 1 aliphatic heterocycles. The zero-order valence-corrected chi connectivity index (χ0v) is 19.6. The number of non-ortho nitro benzene ring substituents is 1. The molecule has 3 aromatic rings. The van der Waals surface area contributed by atoms with E-state index in [-0.39, 0.29) is 29.5 Å². The molecule has 0 aromatic heterocycles. The summed E-state index contributed by atoms with van der Waals surface area (Å²) in [6, 6.07) is 16.6. The Morgan fingerprint density at radius 1 is 1.00 bits per heavy atom. The lowest BCUT2D eigenvalue weighted by Crippen LogP contribution is -2.54. The van der Waals surface area contributed by atoms with Gasteiger partial charge in [0.25, 0.3) is 23.4 Å². The Kier molecular flexibility index (Phi) is 7.26. The second-order valence-electron chi connectivity index (χ2n) is 7.64. The largest absolute Gasteiger partial charge is 0.484 e. The summed E-state index contributed by atoms with van der Waals surface area (Å²) in [5.74, 6) is -1.78. The normalized spacial score (nSPS) is 14.4. The number of rotatable bonds is 7. The monoisotopic (exact) mass is 520 g/mol. The zero-order valence-electron chi connectivity index (χ0n) is 18.8. The molecule has 1 fully saturated rings. The van der Waals surface area contributed by atoms with E-state index in [2.05, 4.69) is 10.6 Å². The van der Waals surface area contributed by atoms with Crippen LogP contribution in [0.4, 0.5) is 21.9 Å². The van der Waals surface area contributed by atoms with Crippen LogP contribution in [0, 0.1) is 10.1 Å². The lowest BCUT2D eigenvalue weighted by molar-refractivity contribution is -0.384. The second kappa shape index (κ2) is 10.7. The summed E-state index contributed by atoms with van der Waals surface area (Å²) >= 11 is 5.82. The first kappa shape index (κ1) is 25.1. The van der Waals surface area contributed by atoms with E-state index >= 15 is 0 Å². The number of amides is 5. The van der Waals surface area contributed by atoms with Gasteiger partial charge in [-0.3, -0.25) is 29.8 Å². The summed E-state index contributed by atoms with van der Waals surface area (Å²) in [5, 5.41) is 16.1. The van der Waals surface area contributed by atoms with Crippen molar-refractivity contribution in [2.45, 2.75) is 0 Å². The summed E-state index contributed by atoms with van der Waals surface area (Å²) in [7, 11) is 0. The van der Waals surface area contributed by atoms with Crippen LogP contribution in [0.25, 0.3) is 6.08 Å². The zero-order chi connectivity index (χ0) is 26.5. The molecule has 0 radical (unpaired) electrons. The topological polar surface area (TPSA) is 148 Å². The Morgan fingerprint density at radius 2 is 1.65 bits per heavy atom. The molecule has 2 N–H and O–H groups in total. The van der Waals surface area contributed by atoms with Crippen molar-refractivity contribution in [2.75, 3.05) is 16.8 Å². The fourth-order valence-corrected chi connectivity index (χ4v) is 3.45. The molecule has 37 heavy (non-hydrogen) atoms.